The van der Waals surface area contributed by atoms with Crippen molar-refractivity contribution in [2.24, 2.45) is 0 Å². The number of thiophene rings is 1. The average molecular weight is 384 g/mol. The molecule has 0 spiro atoms. The summed E-state index contributed by atoms with van der Waals surface area (Å²) in [5.41, 5.74) is 0.817. The minimum Gasteiger partial charge on any atom is -0.452 e. The molecule has 7 heteroatoms. The Morgan fingerprint density at radius 3 is 2.79 bits per heavy atom. The van der Waals surface area contributed by atoms with E-state index < -0.39 is 12.1 Å². The van der Waals surface area contributed by atoms with Crippen molar-refractivity contribution in [3.05, 3.63) is 57.2 Å². The average Bonchev–Trinajstić information content (AvgIpc) is 3.07. The fraction of sp³-hybridized carbons (Fsp3) is 0.294. The number of ether oxygens (including phenoxy) is 1. The number of hydrogen-bond donors (Lipinski definition) is 1. The van der Waals surface area contributed by atoms with Crippen molar-refractivity contribution in [1.82, 2.24) is 5.32 Å². The predicted molar refractivity (Wildman–Crippen MR) is 99.3 cm³/mol. The number of benzene rings is 1. The van der Waals surface area contributed by atoms with Crippen LogP contribution in [-0.2, 0) is 26.6 Å². The Morgan fingerprint density at radius 1 is 1.29 bits per heavy atom. The van der Waals surface area contributed by atoms with Crippen LogP contribution < -0.4 is 5.32 Å². The van der Waals surface area contributed by atoms with Crippen molar-refractivity contribution >= 4 is 46.6 Å². The number of thioether (sulfide) groups is 1. The Morgan fingerprint density at radius 2 is 2.08 bits per heavy atom. The lowest BCUT2D eigenvalue weighted by Crippen LogP contribution is -2.35. The molecule has 0 saturated heterocycles. The van der Waals surface area contributed by atoms with Crippen LogP contribution in [0.25, 0.3) is 0 Å². The Balaban J connectivity index is 1.68. The highest BCUT2D eigenvalue weighted by atomic mass is 35.5. The summed E-state index contributed by atoms with van der Waals surface area (Å²) in [7, 11) is 0. The van der Waals surface area contributed by atoms with Gasteiger partial charge in [0.1, 0.15) is 0 Å². The molecule has 1 aromatic heterocycles. The van der Waals surface area contributed by atoms with Gasteiger partial charge in [-0.2, -0.15) is 0 Å². The molecule has 0 unspecified atom stereocenters. The van der Waals surface area contributed by atoms with Gasteiger partial charge in [0.15, 0.2) is 6.10 Å². The number of rotatable bonds is 8. The molecule has 1 N–H and O–H groups in total. The Kier molecular flexibility index (Phi) is 7.62. The normalized spacial score (nSPS) is 11.8. The maximum absolute atomic E-state index is 12.0. The number of hydrogen-bond acceptors (Lipinski definition) is 5. The zero-order valence-electron chi connectivity index (χ0n) is 13.2. The maximum atomic E-state index is 12.0. The monoisotopic (exact) mass is 383 g/mol. The van der Waals surface area contributed by atoms with Crippen LogP contribution in [0.2, 0.25) is 5.02 Å². The van der Waals surface area contributed by atoms with Gasteiger partial charge in [-0.1, -0.05) is 35.9 Å². The molecule has 1 aromatic carbocycles. The lowest BCUT2D eigenvalue weighted by molar-refractivity contribution is -0.152. The quantitative estimate of drug-likeness (QED) is 0.703. The summed E-state index contributed by atoms with van der Waals surface area (Å²) in [4.78, 5) is 25.0. The smallest absolute Gasteiger partial charge is 0.316 e. The van der Waals surface area contributed by atoms with E-state index in [9.17, 15) is 9.59 Å². The number of nitrogens with one attached hydrogen (secondary N) is 1. The van der Waals surface area contributed by atoms with E-state index >= 15 is 0 Å². The summed E-state index contributed by atoms with van der Waals surface area (Å²) in [6, 6.07) is 11.3. The first-order valence-electron chi connectivity index (χ1n) is 7.37. The predicted octanol–water partition coefficient (Wildman–Crippen LogP) is 3.88. The van der Waals surface area contributed by atoms with E-state index in [1.807, 2.05) is 35.7 Å². The van der Waals surface area contributed by atoms with Crippen LogP contribution in [0.4, 0.5) is 0 Å². The van der Waals surface area contributed by atoms with Gasteiger partial charge < -0.3 is 10.1 Å². The molecular weight excluding hydrogens is 366 g/mol. The first-order valence-corrected chi connectivity index (χ1v) is 9.78. The number of carbonyl (C=O) groups is 2. The number of esters is 1. The molecule has 0 fully saturated rings. The molecular formula is C17H18ClNO3S2. The molecule has 128 valence electrons. The van der Waals surface area contributed by atoms with Crippen LogP contribution in [0.5, 0.6) is 0 Å². The van der Waals surface area contributed by atoms with Crippen LogP contribution in [0.15, 0.2) is 41.8 Å². The van der Waals surface area contributed by atoms with Gasteiger partial charge in [-0.3, -0.25) is 9.59 Å². The van der Waals surface area contributed by atoms with Gasteiger partial charge in [-0.15, -0.1) is 23.1 Å². The standard InChI is InChI=1S/C17H18ClNO3S2/c1-12(17(21)19-9-13-5-2-3-7-15(13)18)22-16(20)11-23-10-14-6-4-8-24-14/h2-8,12H,9-11H2,1H3,(H,19,21)/t12-/m0/s1. The summed E-state index contributed by atoms with van der Waals surface area (Å²) in [5, 5.41) is 5.31. The summed E-state index contributed by atoms with van der Waals surface area (Å²) in [6.45, 7) is 1.86. The van der Waals surface area contributed by atoms with E-state index in [0.717, 1.165) is 11.3 Å². The summed E-state index contributed by atoms with van der Waals surface area (Å²) in [6.07, 6.45) is -0.831. The lowest BCUT2D eigenvalue weighted by Gasteiger charge is -2.14. The topological polar surface area (TPSA) is 55.4 Å². The Labute approximate surface area is 154 Å². The van der Waals surface area contributed by atoms with Crippen molar-refractivity contribution in [1.29, 1.82) is 0 Å². The Bertz CT molecular complexity index is 676. The summed E-state index contributed by atoms with van der Waals surface area (Å²) < 4.78 is 5.15. The molecule has 0 aliphatic carbocycles. The van der Waals surface area contributed by atoms with Gasteiger partial charge in [0, 0.05) is 22.2 Å². The van der Waals surface area contributed by atoms with Crippen molar-refractivity contribution in [3.63, 3.8) is 0 Å². The fourth-order valence-corrected chi connectivity index (χ4v) is 3.73. The van der Waals surface area contributed by atoms with Crippen molar-refractivity contribution in [2.45, 2.75) is 25.3 Å². The first kappa shape index (κ1) is 18.8. The molecule has 0 radical (unpaired) electrons. The molecule has 1 amide bonds. The molecule has 1 atom stereocenters. The second-order valence-electron chi connectivity index (χ2n) is 5.01. The minimum absolute atomic E-state index is 0.222. The van der Waals surface area contributed by atoms with Gasteiger partial charge >= 0.3 is 5.97 Å². The number of carbonyl (C=O) groups excluding carboxylic acids is 2. The molecule has 2 aromatic rings. The van der Waals surface area contributed by atoms with Crippen molar-refractivity contribution in [3.8, 4) is 0 Å². The van der Waals surface area contributed by atoms with Gasteiger partial charge in [-0.25, -0.2) is 0 Å². The van der Waals surface area contributed by atoms with Crippen molar-refractivity contribution < 1.29 is 14.3 Å². The molecule has 0 aliphatic rings. The van der Waals surface area contributed by atoms with Gasteiger partial charge in [0.05, 0.1) is 5.75 Å². The summed E-state index contributed by atoms with van der Waals surface area (Å²) >= 11 is 9.16. The van der Waals surface area contributed by atoms with Crippen molar-refractivity contribution in [2.75, 3.05) is 5.75 Å². The molecule has 0 bridgehead atoms. The van der Waals surface area contributed by atoms with Gasteiger partial charge in [-0.05, 0) is 30.0 Å². The van der Waals surface area contributed by atoms with E-state index in [1.165, 1.54) is 16.6 Å². The highest BCUT2D eigenvalue weighted by Crippen LogP contribution is 2.17. The largest absolute Gasteiger partial charge is 0.452 e. The van der Waals surface area contributed by atoms with Crippen LogP contribution in [0.3, 0.4) is 0 Å². The fourth-order valence-electron chi connectivity index (χ4n) is 1.88. The highest BCUT2D eigenvalue weighted by Gasteiger charge is 2.17. The SMILES string of the molecule is C[C@H](OC(=O)CSCc1cccs1)C(=O)NCc1ccccc1Cl. The maximum Gasteiger partial charge on any atom is 0.316 e. The minimum atomic E-state index is -0.831. The third-order valence-electron chi connectivity index (χ3n) is 3.13. The third-order valence-corrected chi connectivity index (χ3v) is 5.52. The lowest BCUT2D eigenvalue weighted by atomic mass is 10.2. The molecule has 1 heterocycles. The summed E-state index contributed by atoms with van der Waals surface area (Å²) in [5.74, 6) is 0.253. The van der Waals surface area contributed by atoms with Crippen LogP contribution in [0.1, 0.15) is 17.4 Å². The molecule has 0 saturated carbocycles. The highest BCUT2D eigenvalue weighted by molar-refractivity contribution is 7.99. The van der Waals surface area contributed by atoms with E-state index in [-0.39, 0.29) is 11.7 Å². The van der Waals surface area contributed by atoms with E-state index in [1.54, 1.807) is 24.3 Å². The molecule has 4 nitrogen and oxygen atoms in total. The van der Waals surface area contributed by atoms with Crippen LogP contribution in [0, 0.1) is 0 Å². The molecule has 0 aliphatic heterocycles. The zero-order valence-corrected chi connectivity index (χ0v) is 15.5. The van der Waals surface area contributed by atoms with Crippen LogP contribution >= 0.6 is 34.7 Å². The number of amides is 1. The third kappa shape index (κ3) is 6.19. The Hall–Kier alpha value is -1.50. The molecule has 2 rings (SSSR count). The van der Waals surface area contributed by atoms with Gasteiger partial charge in [0.25, 0.3) is 5.91 Å². The first-order chi connectivity index (χ1) is 11.6. The van der Waals surface area contributed by atoms with E-state index in [0.29, 0.717) is 11.6 Å². The van der Waals surface area contributed by atoms with Crippen LogP contribution in [-0.4, -0.2) is 23.7 Å². The van der Waals surface area contributed by atoms with Gasteiger partial charge in [0.2, 0.25) is 0 Å². The second-order valence-corrected chi connectivity index (χ2v) is 7.44. The molecule has 24 heavy (non-hydrogen) atoms. The van der Waals surface area contributed by atoms with E-state index in [4.69, 9.17) is 16.3 Å². The second kappa shape index (κ2) is 9.71. The zero-order chi connectivity index (χ0) is 17.4. The number of halogens is 1. The van der Waals surface area contributed by atoms with E-state index in [2.05, 4.69) is 5.32 Å².